The second-order valence-electron chi connectivity index (χ2n) is 9.43. The summed E-state index contributed by atoms with van der Waals surface area (Å²) < 4.78 is 22.3. The molecule has 0 spiro atoms. The van der Waals surface area contributed by atoms with Gasteiger partial charge in [0.05, 0.1) is 25.3 Å². The van der Waals surface area contributed by atoms with Crippen molar-refractivity contribution in [1.82, 2.24) is 4.90 Å². The van der Waals surface area contributed by atoms with Gasteiger partial charge in [-0.3, -0.25) is 9.59 Å². The van der Waals surface area contributed by atoms with Gasteiger partial charge in [0.25, 0.3) is 5.91 Å². The predicted molar refractivity (Wildman–Crippen MR) is 139 cm³/mol. The summed E-state index contributed by atoms with van der Waals surface area (Å²) in [6.07, 6.45) is 1.44. The molecule has 0 saturated heterocycles. The van der Waals surface area contributed by atoms with E-state index in [1.807, 2.05) is 24.3 Å². The molecule has 0 saturated carbocycles. The molecule has 1 aromatic heterocycles. The normalized spacial score (nSPS) is 15.8. The van der Waals surface area contributed by atoms with Crippen LogP contribution in [0.5, 0.6) is 11.5 Å². The molecule has 2 aromatic carbocycles. The molecular weight excluding hydrogens is 474 g/mol. The summed E-state index contributed by atoms with van der Waals surface area (Å²) in [7, 11) is 3.11. The van der Waals surface area contributed by atoms with Crippen LogP contribution >= 0.6 is 0 Å². The summed E-state index contributed by atoms with van der Waals surface area (Å²) >= 11 is 0. The molecule has 1 atom stereocenters. The van der Waals surface area contributed by atoms with E-state index in [1.165, 1.54) is 12.0 Å². The summed E-state index contributed by atoms with van der Waals surface area (Å²) in [5.74, 6) is -0.111. The van der Waals surface area contributed by atoms with Crippen molar-refractivity contribution >= 4 is 22.7 Å². The molecule has 1 N–H and O–H groups in total. The van der Waals surface area contributed by atoms with Gasteiger partial charge in [0.1, 0.15) is 5.75 Å². The number of ketones is 1. The average Bonchev–Trinajstić information content (AvgIpc) is 3.43. The third kappa shape index (κ3) is 5.49. The number of furan rings is 1. The average molecular weight is 508 g/mol. The van der Waals surface area contributed by atoms with Gasteiger partial charge in [0.15, 0.2) is 22.9 Å². The Morgan fingerprint density at radius 3 is 2.62 bits per heavy atom. The standard InChI is InChI=1S/C29H33NO7/c1-18(2)12-15-36-21-10-5-8-19(16-21)25-24(27(32)29(33)30(25)13-7-14-34-3)26(31)23-17-20-9-6-11-22(35-4)28(20)37-23/h5-6,8-11,16-18,25,32H,7,12-15H2,1-4H3. The summed E-state index contributed by atoms with van der Waals surface area (Å²) in [4.78, 5) is 28.5. The van der Waals surface area contributed by atoms with Gasteiger partial charge in [-0.15, -0.1) is 0 Å². The zero-order valence-corrected chi connectivity index (χ0v) is 21.7. The van der Waals surface area contributed by atoms with Crippen molar-refractivity contribution in [3.63, 3.8) is 0 Å². The first-order valence-electron chi connectivity index (χ1n) is 12.4. The molecule has 1 amide bonds. The monoisotopic (exact) mass is 507 g/mol. The molecule has 3 aromatic rings. The highest BCUT2D eigenvalue weighted by Crippen LogP contribution is 2.41. The maximum Gasteiger partial charge on any atom is 0.290 e. The fourth-order valence-corrected chi connectivity index (χ4v) is 4.47. The van der Waals surface area contributed by atoms with Crippen LogP contribution in [0.1, 0.15) is 48.8 Å². The number of hydrogen-bond donors (Lipinski definition) is 1. The van der Waals surface area contributed by atoms with Gasteiger partial charge in [0.2, 0.25) is 5.78 Å². The smallest absolute Gasteiger partial charge is 0.290 e. The zero-order valence-electron chi connectivity index (χ0n) is 21.7. The third-order valence-corrected chi connectivity index (χ3v) is 6.39. The highest BCUT2D eigenvalue weighted by atomic mass is 16.5. The fourth-order valence-electron chi connectivity index (χ4n) is 4.47. The van der Waals surface area contributed by atoms with E-state index in [1.54, 1.807) is 31.4 Å². The second kappa shape index (κ2) is 11.5. The summed E-state index contributed by atoms with van der Waals surface area (Å²) in [6, 6.07) is 13.4. The number of rotatable bonds is 12. The Labute approximate surface area is 216 Å². The number of para-hydroxylation sites is 1. The number of aliphatic hydroxyl groups excluding tert-OH is 1. The summed E-state index contributed by atoms with van der Waals surface area (Å²) in [5, 5.41) is 11.6. The Morgan fingerprint density at radius 2 is 1.89 bits per heavy atom. The molecule has 0 fully saturated rings. The number of aliphatic hydroxyl groups is 1. The molecule has 8 heteroatoms. The fraction of sp³-hybridized carbons (Fsp3) is 0.379. The summed E-state index contributed by atoms with van der Waals surface area (Å²) in [6.45, 7) is 5.53. The number of ether oxygens (including phenoxy) is 3. The van der Waals surface area contributed by atoms with Crippen molar-refractivity contribution in [1.29, 1.82) is 0 Å². The molecule has 0 aliphatic carbocycles. The van der Waals surface area contributed by atoms with Gasteiger partial charge >= 0.3 is 0 Å². The van der Waals surface area contributed by atoms with Crippen LogP contribution in [0.2, 0.25) is 0 Å². The third-order valence-electron chi connectivity index (χ3n) is 6.39. The van der Waals surface area contributed by atoms with Crippen LogP contribution in [0.3, 0.4) is 0 Å². The van der Waals surface area contributed by atoms with Crippen LogP contribution in [0, 0.1) is 5.92 Å². The number of amides is 1. The maximum absolute atomic E-state index is 13.8. The number of Topliss-reactive ketones (excluding diaryl/α,β-unsaturated/α-hetero) is 1. The molecule has 4 rings (SSSR count). The Bertz CT molecular complexity index is 1310. The molecule has 0 bridgehead atoms. The molecule has 37 heavy (non-hydrogen) atoms. The van der Waals surface area contributed by atoms with Crippen molar-refractivity contribution in [2.75, 3.05) is 34.0 Å². The van der Waals surface area contributed by atoms with Crippen LogP contribution in [0.25, 0.3) is 11.0 Å². The number of benzene rings is 2. The number of carbonyl (C=O) groups excluding carboxylic acids is 2. The lowest BCUT2D eigenvalue weighted by molar-refractivity contribution is -0.129. The molecule has 8 nitrogen and oxygen atoms in total. The Hall–Kier alpha value is -3.78. The Balaban J connectivity index is 1.73. The maximum atomic E-state index is 13.8. The molecule has 2 heterocycles. The minimum absolute atomic E-state index is 0.0157. The van der Waals surface area contributed by atoms with E-state index in [0.717, 1.165) is 6.42 Å². The summed E-state index contributed by atoms with van der Waals surface area (Å²) in [5.41, 5.74) is 1.06. The molecule has 1 aliphatic heterocycles. The van der Waals surface area contributed by atoms with Gasteiger partial charge in [-0.25, -0.2) is 0 Å². The first-order chi connectivity index (χ1) is 17.8. The van der Waals surface area contributed by atoms with Gasteiger partial charge in [-0.1, -0.05) is 38.1 Å². The first kappa shape index (κ1) is 26.3. The van der Waals surface area contributed by atoms with E-state index < -0.39 is 23.5 Å². The number of nitrogens with zero attached hydrogens (tertiary/aromatic N) is 1. The van der Waals surface area contributed by atoms with Gasteiger partial charge in [0, 0.05) is 25.6 Å². The van der Waals surface area contributed by atoms with Crippen molar-refractivity contribution < 1.29 is 33.3 Å². The second-order valence-corrected chi connectivity index (χ2v) is 9.43. The van der Waals surface area contributed by atoms with Crippen LogP contribution in [-0.2, 0) is 9.53 Å². The van der Waals surface area contributed by atoms with Crippen molar-refractivity contribution in [2.24, 2.45) is 5.92 Å². The van der Waals surface area contributed by atoms with E-state index >= 15 is 0 Å². The highest BCUT2D eigenvalue weighted by Gasteiger charge is 2.44. The van der Waals surface area contributed by atoms with E-state index in [4.69, 9.17) is 18.6 Å². The van der Waals surface area contributed by atoms with Gasteiger partial charge in [-0.05, 0) is 48.6 Å². The Kier molecular flexibility index (Phi) is 8.18. The number of fused-ring (bicyclic) bond motifs is 1. The minimum atomic E-state index is -0.805. The van der Waals surface area contributed by atoms with Crippen LogP contribution < -0.4 is 9.47 Å². The molecule has 1 aliphatic rings. The lowest BCUT2D eigenvalue weighted by Crippen LogP contribution is -2.32. The zero-order chi connectivity index (χ0) is 26.5. The van der Waals surface area contributed by atoms with Crippen LogP contribution in [0.15, 0.2) is 64.3 Å². The van der Waals surface area contributed by atoms with Crippen molar-refractivity contribution in [3.05, 3.63) is 71.2 Å². The molecular formula is C29H33NO7. The molecule has 1 unspecified atom stereocenters. The van der Waals surface area contributed by atoms with E-state index in [9.17, 15) is 14.7 Å². The number of carbonyl (C=O) groups is 2. The quantitative estimate of drug-likeness (QED) is 0.256. The predicted octanol–water partition coefficient (Wildman–Crippen LogP) is 5.48. The van der Waals surface area contributed by atoms with Gasteiger partial charge < -0.3 is 28.6 Å². The van der Waals surface area contributed by atoms with E-state index in [-0.39, 0.29) is 11.3 Å². The van der Waals surface area contributed by atoms with Gasteiger partial charge in [-0.2, -0.15) is 0 Å². The minimum Gasteiger partial charge on any atom is -0.503 e. The number of methoxy groups -OCH3 is 2. The topological polar surface area (TPSA) is 98.4 Å². The molecule has 0 radical (unpaired) electrons. The number of hydrogen-bond acceptors (Lipinski definition) is 7. The van der Waals surface area contributed by atoms with E-state index in [2.05, 4.69) is 13.8 Å². The Morgan fingerprint density at radius 1 is 1.11 bits per heavy atom. The first-order valence-corrected chi connectivity index (χ1v) is 12.4. The highest BCUT2D eigenvalue weighted by molar-refractivity contribution is 6.16. The SMILES string of the molecule is COCCCN1C(=O)C(O)=C(C(=O)c2cc3cccc(OC)c3o2)C1c1cccc(OCCC(C)C)c1. The lowest BCUT2D eigenvalue weighted by atomic mass is 9.94. The molecule has 196 valence electrons. The lowest BCUT2D eigenvalue weighted by Gasteiger charge is -2.27. The van der Waals surface area contributed by atoms with Crippen LogP contribution in [-0.4, -0.2) is 55.7 Å². The van der Waals surface area contributed by atoms with Crippen LogP contribution in [0.4, 0.5) is 0 Å². The van der Waals surface area contributed by atoms with Crippen molar-refractivity contribution in [2.45, 2.75) is 32.7 Å². The van der Waals surface area contributed by atoms with E-state index in [0.29, 0.717) is 60.1 Å². The van der Waals surface area contributed by atoms with Crippen molar-refractivity contribution in [3.8, 4) is 11.5 Å². The largest absolute Gasteiger partial charge is 0.503 e.